The van der Waals surface area contributed by atoms with E-state index in [1.807, 2.05) is 29.1 Å². The third kappa shape index (κ3) is 1.97. The lowest BCUT2D eigenvalue weighted by Gasteiger charge is -2.07. The molecule has 0 spiro atoms. The Kier molecular flexibility index (Phi) is 2.74. The summed E-state index contributed by atoms with van der Waals surface area (Å²) < 4.78 is 1.90. The smallest absolute Gasteiger partial charge is 0.337 e. The zero-order chi connectivity index (χ0) is 11.5. The molecule has 1 aromatic carbocycles. The number of aliphatic hydroxyl groups is 1. The van der Waals surface area contributed by atoms with Gasteiger partial charge in [-0.3, -0.25) is 0 Å². The van der Waals surface area contributed by atoms with Gasteiger partial charge in [-0.25, -0.2) is 4.79 Å². The summed E-state index contributed by atoms with van der Waals surface area (Å²) in [5.41, 5.74) is 1.30. The highest BCUT2D eigenvalue weighted by Gasteiger charge is 2.15. The minimum absolute atomic E-state index is 0.378. The highest BCUT2D eigenvalue weighted by Crippen LogP contribution is 2.16. The lowest BCUT2D eigenvalue weighted by Crippen LogP contribution is -2.10. The van der Waals surface area contributed by atoms with Crippen molar-refractivity contribution in [1.82, 2.24) is 4.57 Å². The number of benzene rings is 1. The molecule has 2 N–H and O–H groups in total. The van der Waals surface area contributed by atoms with Crippen LogP contribution in [0.3, 0.4) is 0 Å². The van der Waals surface area contributed by atoms with Gasteiger partial charge >= 0.3 is 5.97 Å². The first kappa shape index (κ1) is 10.4. The molecule has 16 heavy (non-hydrogen) atoms. The van der Waals surface area contributed by atoms with Crippen molar-refractivity contribution in [3.05, 3.63) is 54.4 Å². The Labute approximate surface area is 92.4 Å². The van der Waals surface area contributed by atoms with Gasteiger partial charge < -0.3 is 14.8 Å². The molecule has 0 aliphatic heterocycles. The van der Waals surface area contributed by atoms with Gasteiger partial charge in [-0.2, -0.15) is 0 Å². The van der Waals surface area contributed by atoms with Crippen LogP contribution in [0.5, 0.6) is 0 Å². The monoisotopic (exact) mass is 217 g/mol. The molecular formula is C12H11NO3. The van der Waals surface area contributed by atoms with E-state index in [9.17, 15) is 9.90 Å². The van der Waals surface area contributed by atoms with Gasteiger partial charge in [0.2, 0.25) is 0 Å². The minimum atomic E-state index is -1.46. The fourth-order valence-corrected chi connectivity index (χ4v) is 1.48. The predicted molar refractivity (Wildman–Crippen MR) is 58.4 cm³/mol. The van der Waals surface area contributed by atoms with Crippen molar-refractivity contribution in [1.29, 1.82) is 0 Å². The maximum atomic E-state index is 10.6. The van der Waals surface area contributed by atoms with Crippen LogP contribution in [0.2, 0.25) is 0 Å². The average Bonchev–Trinajstić information content (AvgIpc) is 2.81. The molecule has 4 nitrogen and oxygen atoms in total. The molecule has 0 saturated heterocycles. The summed E-state index contributed by atoms with van der Waals surface area (Å²) in [7, 11) is 0. The molecule has 2 rings (SSSR count). The van der Waals surface area contributed by atoms with Crippen LogP contribution in [0.1, 0.15) is 11.7 Å². The van der Waals surface area contributed by atoms with Gasteiger partial charge in [0.05, 0.1) is 0 Å². The first-order chi connectivity index (χ1) is 7.68. The Morgan fingerprint density at radius 1 is 1.12 bits per heavy atom. The Bertz CT molecular complexity index is 473. The number of carboxylic acids is 1. The van der Waals surface area contributed by atoms with Crippen molar-refractivity contribution in [2.24, 2.45) is 0 Å². The molecule has 1 aromatic heterocycles. The van der Waals surface area contributed by atoms with Crippen LogP contribution in [-0.2, 0) is 4.79 Å². The molecule has 82 valence electrons. The van der Waals surface area contributed by atoms with Crippen molar-refractivity contribution in [3.8, 4) is 5.69 Å². The predicted octanol–water partition coefficient (Wildman–Crippen LogP) is 1.60. The van der Waals surface area contributed by atoms with Crippen molar-refractivity contribution in [2.45, 2.75) is 6.10 Å². The first-order valence-electron chi connectivity index (χ1n) is 4.82. The third-order valence-electron chi connectivity index (χ3n) is 2.35. The summed E-state index contributed by atoms with van der Waals surface area (Å²) in [5, 5.41) is 17.9. The van der Waals surface area contributed by atoms with E-state index < -0.39 is 12.1 Å². The summed E-state index contributed by atoms with van der Waals surface area (Å²) in [6, 6.07) is 10.5. The van der Waals surface area contributed by atoms with E-state index in [4.69, 9.17) is 5.11 Å². The van der Waals surface area contributed by atoms with Crippen LogP contribution >= 0.6 is 0 Å². The van der Waals surface area contributed by atoms with Crippen LogP contribution in [0.4, 0.5) is 0 Å². The molecular weight excluding hydrogens is 206 g/mol. The highest BCUT2D eigenvalue weighted by atomic mass is 16.4. The highest BCUT2D eigenvalue weighted by molar-refractivity contribution is 5.74. The van der Waals surface area contributed by atoms with E-state index in [0.29, 0.717) is 5.56 Å². The largest absolute Gasteiger partial charge is 0.479 e. The number of aliphatic hydroxyl groups excluding tert-OH is 1. The Morgan fingerprint density at radius 2 is 1.69 bits per heavy atom. The number of aliphatic carboxylic acids is 1. The summed E-state index contributed by atoms with van der Waals surface area (Å²) in [4.78, 5) is 10.6. The second-order valence-corrected chi connectivity index (χ2v) is 3.42. The number of hydrogen-bond donors (Lipinski definition) is 2. The fraction of sp³-hybridized carbons (Fsp3) is 0.0833. The van der Waals surface area contributed by atoms with Gasteiger partial charge in [-0.15, -0.1) is 0 Å². The van der Waals surface area contributed by atoms with Gasteiger partial charge in [0.15, 0.2) is 6.10 Å². The summed E-state index contributed by atoms with van der Waals surface area (Å²) in [6.45, 7) is 0. The summed E-state index contributed by atoms with van der Waals surface area (Å²) >= 11 is 0. The summed E-state index contributed by atoms with van der Waals surface area (Å²) in [6.07, 6.45) is 2.32. The molecule has 1 heterocycles. The van der Waals surface area contributed by atoms with Crippen LogP contribution < -0.4 is 0 Å². The van der Waals surface area contributed by atoms with Crippen LogP contribution in [0.25, 0.3) is 5.69 Å². The van der Waals surface area contributed by atoms with Crippen molar-refractivity contribution < 1.29 is 15.0 Å². The summed E-state index contributed by atoms with van der Waals surface area (Å²) in [5.74, 6) is -1.24. The molecule has 0 radical (unpaired) electrons. The number of rotatable bonds is 3. The zero-order valence-electron chi connectivity index (χ0n) is 8.45. The molecule has 0 fully saturated rings. The van der Waals surface area contributed by atoms with E-state index in [1.54, 1.807) is 24.3 Å². The van der Waals surface area contributed by atoms with Gasteiger partial charge in [-0.05, 0) is 29.8 Å². The first-order valence-corrected chi connectivity index (χ1v) is 4.82. The quantitative estimate of drug-likeness (QED) is 0.820. The molecule has 0 amide bonds. The van der Waals surface area contributed by atoms with E-state index in [0.717, 1.165) is 5.69 Å². The van der Waals surface area contributed by atoms with E-state index in [-0.39, 0.29) is 0 Å². The number of hydrogen-bond acceptors (Lipinski definition) is 2. The number of nitrogens with zero attached hydrogens (tertiary/aromatic N) is 1. The SMILES string of the molecule is O=C(O)[C@H](O)c1ccc(-n2cccc2)cc1. The molecule has 0 aliphatic rings. The Morgan fingerprint density at radius 3 is 2.19 bits per heavy atom. The van der Waals surface area contributed by atoms with Gasteiger partial charge in [0.1, 0.15) is 0 Å². The van der Waals surface area contributed by atoms with Crippen LogP contribution in [-0.4, -0.2) is 20.7 Å². The van der Waals surface area contributed by atoms with Crippen molar-refractivity contribution >= 4 is 5.97 Å². The molecule has 4 heteroatoms. The molecule has 0 saturated carbocycles. The lowest BCUT2D eigenvalue weighted by molar-refractivity contribution is -0.146. The van der Waals surface area contributed by atoms with Gasteiger partial charge in [0.25, 0.3) is 0 Å². The molecule has 0 unspecified atom stereocenters. The second kappa shape index (κ2) is 4.20. The van der Waals surface area contributed by atoms with Crippen molar-refractivity contribution in [3.63, 3.8) is 0 Å². The van der Waals surface area contributed by atoms with Gasteiger partial charge in [-0.1, -0.05) is 12.1 Å². The van der Waals surface area contributed by atoms with Crippen LogP contribution in [0, 0.1) is 0 Å². The minimum Gasteiger partial charge on any atom is -0.479 e. The Hall–Kier alpha value is -2.07. The Balaban J connectivity index is 2.26. The number of carboxylic acid groups (broad SMARTS) is 1. The lowest BCUT2D eigenvalue weighted by atomic mass is 10.1. The second-order valence-electron chi connectivity index (χ2n) is 3.42. The van der Waals surface area contributed by atoms with E-state index >= 15 is 0 Å². The number of aromatic nitrogens is 1. The maximum absolute atomic E-state index is 10.6. The molecule has 1 atom stereocenters. The zero-order valence-corrected chi connectivity index (χ0v) is 8.45. The third-order valence-corrected chi connectivity index (χ3v) is 2.35. The van der Waals surface area contributed by atoms with Crippen molar-refractivity contribution in [2.75, 3.05) is 0 Å². The fourth-order valence-electron chi connectivity index (χ4n) is 1.48. The normalized spacial score (nSPS) is 12.3. The van der Waals surface area contributed by atoms with E-state index in [1.165, 1.54) is 0 Å². The van der Waals surface area contributed by atoms with Crippen LogP contribution in [0.15, 0.2) is 48.8 Å². The maximum Gasteiger partial charge on any atom is 0.337 e. The standard InChI is InChI=1S/C12H11NO3/c14-11(12(15)16)9-3-5-10(6-4-9)13-7-1-2-8-13/h1-8,11,14H,(H,15,16)/t11-/m1/s1. The van der Waals surface area contributed by atoms with E-state index in [2.05, 4.69) is 0 Å². The molecule has 0 aliphatic carbocycles. The van der Waals surface area contributed by atoms with Gasteiger partial charge in [0, 0.05) is 18.1 Å². The molecule has 0 bridgehead atoms. The molecule has 2 aromatic rings. The average molecular weight is 217 g/mol. The topological polar surface area (TPSA) is 62.5 Å². The number of carbonyl (C=O) groups is 1.